The first-order valence-electron chi connectivity index (χ1n) is 4.45. The lowest BCUT2D eigenvalue weighted by molar-refractivity contribution is -0.141. The Morgan fingerprint density at radius 1 is 1.58 bits per heavy atom. The van der Waals surface area contributed by atoms with Gasteiger partial charge in [0.25, 0.3) is 0 Å². The van der Waals surface area contributed by atoms with Crippen molar-refractivity contribution in [1.29, 1.82) is 0 Å². The second-order valence-corrected chi connectivity index (χ2v) is 3.62. The Morgan fingerprint density at radius 2 is 2.42 bits per heavy atom. The number of rotatable bonds is 1. The van der Waals surface area contributed by atoms with Gasteiger partial charge in [-0.15, -0.1) is 0 Å². The van der Waals surface area contributed by atoms with Gasteiger partial charge in [0.2, 0.25) is 0 Å². The molecule has 2 aliphatic heterocycles. The molecule has 2 atom stereocenters. The zero-order valence-electron chi connectivity index (χ0n) is 6.99. The second kappa shape index (κ2) is 3.03. The third kappa shape index (κ3) is 1.32. The molecule has 2 aliphatic rings. The molecule has 0 radical (unpaired) electrons. The molecule has 0 spiro atoms. The average Bonchev–Trinajstić information content (AvgIpc) is 2.46. The van der Waals surface area contributed by atoms with Crippen LogP contribution in [0, 0.1) is 5.92 Å². The Balaban J connectivity index is 1.98. The van der Waals surface area contributed by atoms with Gasteiger partial charge < -0.3 is 10.4 Å². The van der Waals surface area contributed by atoms with E-state index in [1.54, 1.807) is 0 Å². The van der Waals surface area contributed by atoms with Gasteiger partial charge in [0.15, 0.2) is 0 Å². The highest BCUT2D eigenvalue weighted by molar-refractivity contribution is 5.70. The van der Waals surface area contributed by atoms with E-state index in [4.69, 9.17) is 5.11 Å². The van der Waals surface area contributed by atoms with Crippen LogP contribution < -0.4 is 5.32 Å². The number of carboxylic acid groups (broad SMARTS) is 1. The zero-order chi connectivity index (χ0) is 8.55. The molecular formula is C8H14N2O2. The van der Waals surface area contributed by atoms with Crippen molar-refractivity contribution in [1.82, 2.24) is 10.2 Å². The number of nitrogens with one attached hydrogen (secondary N) is 1. The predicted octanol–water partition coefficient (Wildman–Crippen LogP) is -0.635. The lowest BCUT2D eigenvalue weighted by atomic mass is 10.1. The molecule has 2 heterocycles. The number of piperazine rings is 1. The third-order valence-corrected chi connectivity index (χ3v) is 2.83. The van der Waals surface area contributed by atoms with Gasteiger partial charge in [-0.05, 0) is 6.42 Å². The van der Waals surface area contributed by atoms with Crippen LogP contribution >= 0.6 is 0 Å². The molecule has 0 aromatic heterocycles. The number of hydrogen-bond donors (Lipinski definition) is 2. The van der Waals surface area contributed by atoms with Gasteiger partial charge in [0.1, 0.15) is 0 Å². The summed E-state index contributed by atoms with van der Waals surface area (Å²) in [5, 5.41) is 12.1. The van der Waals surface area contributed by atoms with Crippen LogP contribution in [0.25, 0.3) is 0 Å². The van der Waals surface area contributed by atoms with Crippen molar-refractivity contribution in [2.24, 2.45) is 5.92 Å². The molecule has 2 fully saturated rings. The van der Waals surface area contributed by atoms with Gasteiger partial charge in [-0.2, -0.15) is 0 Å². The fraction of sp³-hybridized carbons (Fsp3) is 0.875. The van der Waals surface area contributed by atoms with E-state index in [1.807, 2.05) is 0 Å². The topological polar surface area (TPSA) is 52.6 Å². The Hall–Kier alpha value is -0.610. The summed E-state index contributed by atoms with van der Waals surface area (Å²) >= 11 is 0. The number of fused-ring (bicyclic) bond motifs is 1. The number of hydrogen-bond acceptors (Lipinski definition) is 3. The quantitative estimate of drug-likeness (QED) is 0.550. The summed E-state index contributed by atoms with van der Waals surface area (Å²) in [6, 6.07) is 0.472. The first kappa shape index (κ1) is 8.01. The van der Waals surface area contributed by atoms with E-state index in [0.717, 1.165) is 32.6 Å². The van der Waals surface area contributed by atoms with Crippen molar-refractivity contribution < 1.29 is 9.90 Å². The summed E-state index contributed by atoms with van der Waals surface area (Å²) in [5.41, 5.74) is 0. The Labute approximate surface area is 71.5 Å². The molecule has 2 saturated heterocycles. The molecule has 68 valence electrons. The minimum atomic E-state index is -0.635. The van der Waals surface area contributed by atoms with Crippen LogP contribution in [-0.4, -0.2) is 48.2 Å². The monoisotopic (exact) mass is 170 g/mol. The number of aliphatic carboxylic acids is 1. The molecular weight excluding hydrogens is 156 g/mol. The summed E-state index contributed by atoms with van der Waals surface area (Å²) < 4.78 is 0. The lowest BCUT2D eigenvalue weighted by Gasteiger charge is -2.29. The van der Waals surface area contributed by atoms with E-state index in [9.17, 15) is 4.79 Å². The van der Waals surface area contributed by atoms with Crippen molar-refractivity contribution in [3.05, 3.63) is 0 Å². The van der Waals surface area contributed by atoms with Crippen LogP contribution in [0.3, 0.4) is 0 Å². The second-order valence-electron chi connectivity index (χ2n) is 3.62. The fourth-order valence-electron chi connectivity index (χ4n) is 2.14. The van der Waals surface area contributed by atoms with Crippen LogP contribution in [0.4, 0.5) is 0 Å². The molecule has 12 heavy (non-hydrogen) atoms. The summed E-state index contributed by atoms with van der Waals surface area (Å²) in [6.07, 6.45) is 0.822. The number of carboxylic acids is 1. The summed E-state index contributed by atoms with van der Waals surface area (Å²) in [5.74, 6) is -0.765. The number of carbonyl (C=O) groups is 1. The highest BCUT2D eigenvalue weighted by atomic mass is 16.4. The van der Waals surface area contributed by atoms with E-state index < -0.39 is 5.97 Å². The maximum absolute atomic E-state index is 10.7. The molecule has 0 aromatic rings. The molecule has 2 N–H and O–H groups in total. The molecule has 0 aliphatic carbocycles. The summed E-state index contributed by atoms with van der Waals surface area (Å²) in [4.78, 5) is 13.0. The van der Waals surface area contributed by atoms with E-state index in [-0.39, 0.29) is 5.92 Å². The average molecular weight is 170 g/mol. The van der Waals surface area contributed by atoms with Crippen LogP contribution in [0.5, 0.6) is 0 Å². The van der Waals surface area contributed by atoms with Crippen molar-refractivity contribution in [3.63, 3.8) is 0 Å². The molecule has 2 rings (SSSR count). The summed E-state index contributed by atoms with van der Waals surface area (Å²) in [7, 11) is 0. The first-order chi connectivity index (χ1) is 5.77. The van der Waals surface area contributed by atoms with Crippen molar-refractivity contribution in [2.45, 2.75) is 12.5 Å². The van der Waals surface area contributed by atoms with E-state index in [0.29, 0.717) is 6.04 Å². The van der Waals surface area contributed by atoms with Gasteiger partial charge >= 0.3 is 5.97 Å². The van der Waals surface area contributed by atoms with Gasteiger partial charge in [0.05, 0.1) is 5.92 Å². The maximum atomic E-state index is 10.7. The van der Waals surface area contributed by atoms with Gasteiger partial charge in [-0.1, -0.05) is 0 Å². The summed E-state index contributed by atoms with van der Waals surface area (Å²) in [6.45, 7) is 3.72. The van der Waals surface area contributed by atoms with Gasteiger partial charge in [-0.25, -0.2) is 0 Å². The predicted molar refractivity (Wildman–Crippen MR) is 44.0 cm³/mol. The van der Waals surface area contributed by atoms with Crippen molar-refractivity contribution in [2.75, 3.05) is 26.2 Å². The van der Waals surface area contributed by atoms with Crippen LogP contribution in [0.1, 0.15) is 6.42 Å². The molecule has 4 heteroatoms. The van der Waals surface area contributed by atoms with Gasteiger partial charge in [-0.3, -0.25) is 9.69 Å². The number of nitrogens with zero attached hydrogens (tertiary/aromatic N) is 1. The minimum Gasteiger partial charge on any atom is -0.481 e. The highest BCUT2D eigenvalue weighted by Crippen LogP contribution is 2.23. The molecule has 0 amide bonds. The van der Waals surface area contributed by atoms with Crippen molar-refractivity contribution in [3.8, 4) is 0 Å². The normalized spacial score (nSPS) is 36.3. The maximum Gasteiger partial charge on any atom is 0.307 e. The highest BCUT2D eigenvalue weighted by Gasteiger charge is 2.36. The van der Waals surface area contributed by atoms with E-state index >= 15 is 0 Å². The van der Waals surface area contributed by atoms with E-state index in [2.05, 4.69) is 10.2 Å². The lowest BCUT2D eigenvalue weighted by Crippen LogP contribution is -2.47. The molecule has 0 aromatic carbocycles. The van der Waals surface area contributed by atoms with Crippen LogP contribution in [-0.2, 0) is 4.79 Å². The van der Waals surface area contributed by atoms with Crippen LogP contribution in [0.2, 0.25) is 0 Å². The van der Waals surface area contributed by atoms with E-state index in [1.165, 1.54) is 0 Å². The SMILES string of the molecule is O=C(O)C1CC2CNCCN2C1. The Kier molecular flexibility index (Phi) is 2.02. The molecule has 4 nitrogen and oxygen atoms in total. The first-order valence-corrected chi connectivity index (χ1v) is 4.45. The molecule has 0 saturated carbocycles. The fourth-order valence-corrected chi connectivity index (χ4v) is 2.14. The third-order valence-electron chi connectivity index (χ3n) is 2.83. The Morgan fingerprint density at radius 3 is 3.08 bits per heavy atom. The van der Waals surface area contributed by atoms with Crippen LogP contribution in [0.15, 0.2) is 0 Å². The zero-order valence-corrected chi connectivity index (χ0v) is 6.99. The minimum absolute atomic E-state index is 0.130. The smallest absolute Gasteiger partial charge is 0.307 e. The molecule has 0 bridgehead atoms. The Bertz CT molecular complexity index is 181. The van der Waals surface area contributed by atoms with Gasteiger partial charge in [0, 0.05) is 32.2 Å². The van der Waals surface area contributed by atoms with Crippen molar-refractivity contribution >= 4 is 5.97 Å². The largest absolute Gasteiger partial charge is 0.481 e. The standard InChI is InChI=1S/C8H14N2O2/c11-8(12)6-3-7-4-9-1-2-10(7)5-6/h6-7,9H,1-5H2,(H,11,12). The molecule has 2 unspecified atom stereocenters.